The van der Waals surface area contributed by atoms with Crippen LogP contribution in [-0.4, -0.2) is 10.2 Å². The molecule has 0 saturated carbocycles. The molecule has 26 heavy (non-hydrogen) atoms. The van der Waals surface area contributed by atoms with Crippen molar-refractivity contribution in [3.05, 3.63) is 71.3 Å². The summed E-state index contributed by atoms with van der Waals surface area (Å²) in [6.07, 6.45) is 2.50. The van der Waals surface area contributed by atoms with Crippen LogP contribution in [0.5, 0.6) is 11.5 Å². The Labute approximate surface area is 159 Å². The first-order valence-electron chi connectivity index (χ1n) is 9.10. The molecule has 0 radical (unpaired) electrons. The summed E-state index contributed by atoms with van der Waals surface area (Å²) in [5.41, 5.74) is 4.19. The molecular weight excluding hydrogens is 320 g/mol. The van der Waals surface area contributed by atoms with Gasteiger partial charge in [-0.1, -0.05) is 83.5 Å². The summed E-state index contributed by atoms with van der Waals surface area (Å²) in [7, 11) is 0. The number of hydrogen-bond acceptors (Lipinski definition) is 2. The zero-order valence-electron chi connectivity index (χ0n) is 17.4. The normalized spacial score (nSPS) is 11.5. The summed E-state index contributed by atoms with van der Waals surface area (Å²) in [6, 6.07) is 11.4. The van der Waals surface area contributed by atoms with E-state index in [0.717, 1.165) is 23.1 Å². The number of allylic oxidation sites excluding steroid dienone is 1. The summed E-state index contributed by atoms with van der Waals surface area (Å²) in [5, 5.41) is 19.6. The van der Waals surface area contributed by atoms with Gasteiger partial charge < -0.3 is 10.2 Å². The number of phenols is 2. The van der Waals surface area contributed by atoms with E-state index in [0.29, 0.717) is 11.5 Å². The van der Waals surface area contributed by atoms with Crippen molar-refractivity contribution in [1.29, 1.82) is 0 Å². The number of aromatic hydroxyl groups is 2. The molecule has 0 bridgehead atoms. The van der Waals surface area contributed by atoms with E-state index >= 15 is 0 Å². The summed E-state index contributed by atoms with van der Waals surface area (Å²) in [6.45, 7) is 18.5. The molecule has 0 aliphatic carbocycles. The van der Waals surface area contributed by atoms with Gasteiger partial charge in [0.1, 0.15) is 11.5 Å². The monoisotopic (exact) mass is 354 g/mol. The van der Waals surface area contributed by atoms with Gasteiger partial charge in [0.05, 0.1) is 0 Å². The second-order valence-electron chi connectivity index (χ2n) is 8.83. The Hall–Kier alpha value is -2.22. The highest BCUT2D eigenvalue weighted by Gasteiger charge is 2.25. The van der Waals surface area contributed by atoms with Crippen LogP contribution in [0.4, 0.5) is 0 Å². The van der Waals surface area contributed by atoms with Crippen molar-refractivity contribution in [1.82, 2.24) is 0 Å². The highest BCUT2D eigenvalue weighted by atomic mass is 16.3. The molecule has 0 heterocycles. The Bertz CT molecular complexity index is 709. The molecule has 0 fully saturated rings. The van der Waals surface area contributed by atoms with Crippen molar-refractivity contribution in [2.75, 3.05) is 0 Å². The van der Waals surface area contributed by atoms with Crippen molar-refractivity contribution in [2.45, 2.75) is 65.7 Å². The van der Waals surface area contributed by atoms with Crippen molar-refractivity contribution < 1.29 is 10.2 Å². The molecule has 2 heteroatoms. The average molecular weight is 355 g/mol. The maximum atomic E-state index is 10.4. The molecule has 0 aliphatic rings. The largest absolute Gasteiger partial charge is 0.508 e. The molecule has 0 atom stereocenters. The van der Waals surface area contributed by atoms with E-state index in [4.69, 9.17) is 0 Å². The topological polar surface area (TPSA) is 40.5 Å². The Morgan fingerprint density at radius 2 is 1.35 bits per heavy atom. The lowest BCUT2D eigenvalue weighted by molar-refractivity contribution is 0.423. The number of rotatable bonds is 2. The van der Waals surface area contributed by atoms with Crippen LogP contribution in [0.25, 0.3) is 0 Å². The molecule has 2 N–H and O–H groups in total. The van der Waals surface area contributed by atoms with E-state index in [9.17, 15) is 10.2 Å². The zero-order valence-corrected chi connectivity index (χ0v) is 17.4. The van der Waals surface area contributed by atoms with E-state index < -0.39 is 0 Å². The maximum Gasteiger partial charge on any atom is 0.123 e. The maximum absolute atomic E-state index is 10.4. The number of benzene rings is 2. The van der Waals surface area contributed by atoms with Gasteiger partial charge in [0, 0.05) is 0 Å². The van der Waals surface area contributed by atoms with E-state index in [1.54, 1.807) is 12.1 Å². The number of para-hydroxylation sites is 1. The summed E-state index contributed by atoms with van der Waals surface area (Å²) < 4.78 is 0. The fourth-order valence-electron chi connectivity index (χ4n) is 2.76. The summed E-state index contributed by atoms with van der Waals surface area (Å²) >= 11 is 0. The van der Waals surface area contributed by atoms with Crippen LogP contribution in [0.15, 0.2) is 49.1 Å². The van der Waals surface area contributed by atoms with E-state index in [2.05, 4.69) is 67.2 Å². The van der Waals surface area contributed by atoms with Crippen molar-refractivity contribution in [2.24, 2.45) is 0 Å². The van der Waals surface area contributed by atoms with E-state index in [1.165, 1.54) is 5.56 Å². The molecule has 0 spiro atoms. The quantitative estimate of drug-likeness (QED) is 0.611. The standard InChI is InChI=1S/C15H24O.C9H10O/c1-10-8-11(14(2,3)4)13(16)12(9-10)15(5,6)7;1-2-5-8-6-3-4-7-9(8)10/h8-9,16H,1-7H3;2-4,6-7,10H,1,5H2. The van der Waals surface area contributed by atoms with Gasteiger partial charge in [-0.05, 0) is 46.9 Å². The van der Waals surface area contributed by atoms with Gasteiger partial charge in [0.2, 0.25) is 0 Å². The Morgan fingerprint density at radius 1 is 0.885 bits per heavy atom. The van der Waals surface area contributed by atoms with Gasteiger partial charge >= 0.3 is 0 Å². The molecule has 0 amide bonds. The van der Waals surface area contributed by atoms with E-state index in [-0.39, 0.29) is 10.8 Å². The lowest BCUT2D eigenvalue weighted by atomic mass is 9.78. The smallest absolute Gasteiger partial charge is 0.123 e. The van der Waals surface area contributed by atoms with E-state index in [1.807, 2.05) is 18.2 Å². The molecule has 142 valence electrons. The minimum atomic E-state index is -0.0178. The van der Waals surface area contributed by atoms with Crippen molar-refractivity contribution in [3.8, 4) is 11.5 Å². The first kappa shape index (κ1) is 21.8. The van der Waals surface area contributed by atoms with Gasteiger partial charge in [-0.3, -0.25) is 0 Å². The third-order valence-corrected chi connectivity index (χ3v) is 4.23. The molecular formula is C24H34O2. The molecule has 0 aliphatic heterocycles. The van der Waals surface area contributed by atoms with Gasteiger partial charge in [0.15, 0.2) is 0 Å². The predicted molar refractivity (Wildman–Crippen MR) is 112 cm³/mol. The SMILES string of the molecule is C=CCc1ccccc1O.Cc1cc(C(C)(C)C)c(O)c(C(C)(C)C)c1. The lowest BCUT2D eigenvalue weighted by Crippen LogP contribution is -2.17. The van der Waals surface area contributed by atoms with Crippen LogP contribution in [0.1, 0.15) is 63.8 Å². The zero-order chi connectivity index (χ0) is 20.1. The van der Waals surface area contributed by atoms with Crippen molar-refractivity contribution >= 4 is 0 Å². The first-order chi connectivity index (χ1) is 11.9. The average Bonchev–Trinajstić information content (AvgIpc) is 2.50. The van der Waals surface area contributed by atoms with Crippen LogP contribution in [0.2, 0.25) is 0 Å². The highest BCUT2D eigenvalue weighted by Crippen LogP contribution is 2.39. The molecule has 0 saturated heterocycles. The Morgan fingerprint density at radius 3 is 1.73 bits per heavy atom. The third kappa shape index (κ3) is 5.94. The van der Waals surface area contributed by atoms with Gasteiger partial charge in [-0.2, -0.15) is 0 Å². The molecule has 0 aromatic heterocycles. The second-order valence-corrected chi connectivity index (χ2v) is 8.83. The minimum Gasteiger partial charge on any atom is -0.508 e. The molecule has 0 unspecified atom stereocenters. The van der Waals surface area contributed by atoms with Crippen LogP contribution in [-0.2, 0) is 17.3 Å². The number of aryl methyl sites for hydroxylation is 1. The predicted octanol–water partition coefficient (Wildman–Crippen LogP) is 6.42. The Kier molecular flexibility index (Phi) is 7.08. The first-order valence-corrected chi connectivity index (χ1v) is 9.10. The van der Waals surface area contributed by atoms with Crippen LogP contribution in [0, 0.1) is 6.92 Å². The highest BCUT2D eigenvalue weighted by molar-refractivity contribution is 5.49. The molecule has 2 rings (SSSR count). The number of hydrogen-bond donors (Lipinski definition) is 2. The van der Waals surface area contributed by atoms with Gasteiger partial charge in [-0.25, -0.2) is 0 Å². The van der Waals surface area contributed by atoms with Crippen LogP contribution >= 0.6 is 0 Å². The lowest BCUT2D eigenvalue weighted by Gasteiger charge is -2.27. The van der Waals surface area contributed by atoms with Gasteiger partial charge in [0.25, 0.3) is 0 Å². The van der Waals surface area contributed by atoms with Crippen molar-refractivity contribution in [3.63, 3.8) is 0 Å². The van der Waals surface area contributed by atoms with Gasteiger partial charge in [-0.15, -0.1) is 6.58 Å². The second kappa shape index (κ2) is 8.44. The fraction of sp³-hybridized carbons (Fsp3) is 0.417. The summed E-state index contributed by atoms with van der Waals surface area (Å²) in [5.74, 6) is 0.813. The third-order valence-electron chi connectivity index (χ3n) is 4.23. The molecule has 2 aromatic rings. The van der Waals surface area contributed by atoms with Crippen LogP contribution in [0.3, 0.4) is 0 Å². The number of phenolic OH excluding ortho intramolecular Hbond substituents is 2. The van der Waals surface area contributed by atoms with Crippen LogP contribution < -0.4 is 0 Å². The summed E-state index contributed by atoms with van der Waals surface area (Å²) in [4.78, 5) is 0. The fourth-order valence-corrected chi connectivity index (χ4v) is 2.76. The molecule has 2 aromatic carbocycles. The minimum absolute atomic E-state index is 0.0178. The Balaban J connectivity index is 0.000000289. The molecule has 2 nitrogen and oxygen atoms in total.